The quantitative estimate of drug-likeness (QED) is 0.909. The fraction of sp³-hybridized carbons (Fsp3) is 0.400. The van der Waals surface area contributed by atoms with Crippen molar-refractivity contribution in [3.63, 3.8) is 0 Å². The van der Waals surface area contributed by atoms with E-state index in [9.17, 15) is 0 Å². The van der Waals surface area contributed by atoms with Gasteiger partial charge in [0.15, 0.2) is 0 Å². The zero-order valence-corrected chi connectivity index (χ0v) is 11.1. The minimum Gasteiger partial charge on any atom is -0.493 e. The van der Waals surface area contributed by atoms with Gasteiger partial charge in [-0.3, -0.25) is 4.68 Å². The Bertz CT molecular complexity index is 564. The van der Waals surface area contributed by atoms with Gasteiger partial charge < -0.3 is 10.5 Å². The molecule has 4 nitrogen and oxygen atoms in total. The average molecular weight is 257 g/mol. The van der Waals surface area contributed by atoms with Gasteiger partial charge in [-0.05, 0) is 25.0 Å². The first-order valence-electron chi connectivity index (χ1n) is 6.70. The molecule has 0 amide bonds. The summed E-state index contributed by atoms with van der Waals surface area (Å²) in [6, 6.07) is 10.4. The molecule has 3 rings (SSSR count). The Morgan fingerprint density at radius 3 is 3.05 bits per heavy atom. The molecular weight excluding hydrogens is 238 g/mol. The summed E-state index contributed by atoms with van der Waals surface area (Å²) in [6.45, 7) is 0.700. The standard InChI is InChI=1S/C15H19N3O/c1-18-11(8-9-17-18)6-7-14(16)13-10-19-15-5-3-2-4-12(13)15/h2-5,8-9,13-14H,6-7,10,16H2,1H3. The third kappa shape index (κ3) is 2.36. The molecule has 2 aromatic rings. The summed E-state index contributed by atoms with van der Waals surface area (Å²) in [5.74, 6) is 1.30. The highest BCUT2D eigenvalue weighted by molar-refractivity contribution is 5.40. The van der Waals surface area contributed by atoms with Crippen molar-refractivity contribution in [3.05, 3.63) is 47.8 Å². The number of aromatic nitrogens is 2. The molecule has 19 heavy (non-hydrogen) atoms. The largest absolute Gasteiger partial charge is 0.493 e. The van der Waals surface area contributed by atoms with Gasteiger partial charge in [-0.15, -0.1) is 0 Å². The maximum atomic E-state index is 6.35. The molecule has 1 aromatic carbocycles. The van der Waals surface area contributed by atoms with Crippen molar-refractivity contribution in [2.45, 2.75) is 24.8 Å². The summed E-state index contributed by atoms with van der Waals surface area (Å²) < 4.78 is 7.60. The van der Waals surface area contributed by atoms with Crippen molar-refractivity contribution >= 4 is 0 Å². The summed E-state index contributed by atoms with van der Waals surface area (Å²) >= 11 is 0. The van der Waals surface area contributed by atoms with E-state index in [1.54, 1.807) is 0 Å². The van der Waals surface area contributed by atoms with Gasteiger partial charge in [-0.25, -0.2) is 0 Å². The highest BCUT2D eigenvalue weighted by Crippen LogP contribution is 2.35. The predicted molar refractivity (Wildman–Crippen MR) is 74.2 cm³/mol. The molecule has 0 saturated carbocycles. The van der Waals surface area contributed by atoms with Crippen LogP contribution in [-0.4, -0.2) is 22.4 Å². The lowest BCUT2D eigenvalue weighted by Gasteiger charge is -2.18. The van der Waals surface area contributed by atoms with Crippen molar-refractivity contribution in [1.82, 2.24) is 9.78 Å². The van der Waals surface area contributed by atoms with Gasteiger partial charge in [0.25, 0.3) is 0 Å². The molecule has 0 saturated heterocycles. The minimum absolute atomic E-state index is 0.124. The Morgan fingerprint density at radius 2 is 2.26 bits per heavy atom. The molecule has 1 aliphatic rings. The number of aryl methyl sites for hydroxylation is 2. The molecule has 4 heteroatoms. The molecule has 0 aliphatic carbocycles. The smallest absolute Gasteiger partial charge is 0.122 e. The van der Waals surface area contributed by atoms with Crippen molar-refractivity contribution in [3.8, 4) is 5.75 Å². The van der Waals surface area contributed by atoms with Crippen LogP contribution >= 0.6 is 0 Å². The highest BCUT2D eigenvalue weighted by atomic mass is 16.5. The van der Waals surface area contributed by atoms with E-state index >= 15 is 0 Å². The molecule has 0 bridgehead atoms. The van der Waals surface area contributed by atoms with Crippen LogP contribution in [0.25, 0.3) is 0 Å². The molecule has 100 valence electrons. The van der Waals surface area contributed by atoms with Gasteiger partial charge >= 0.3 is 0 Å². The van der Waals surface area contributed by atoms with Gasteiger partial charge in [-0.1, -0.05) is 18.2 Å². The number of nitrogens with zero attached hydrogens (tertiary/aromatic N) is 2. The van der Waals surface area contributed by atoms with Crippen LogP contribution in [0.2, 0.25) is 0 Å². The van der Waals surface area contributed by atoms with Crippen LogP contribution in [0.3, 0.4) is 0 Å². The monoisotopic (exact) mass is 257 g/mol. The molecule has 2 N–H and O–H groups in total. The summed E-state index contributed by atoms with van der Waals surface area (Å²) in [5, 5.41) is 4.18. The van der Waals surface area contributed by atoms with Gasteiger partial charge in [0.2, 0.25) is 0 Å². The van der Waals surface area contributed by atoms with Crippen LogP contribution < -0.4 is 10.5 Å². The number of rotatable bonds is 4. The van der Waals surface area contributed by atoms with E-state index in [0.29, 0.717) is 12.5 Å². The summed E-state index contributed by atoms with van der Waals surface area (Å²) in [4.78, 5) is 0. The zero-order chi connectivity index (χ0) is 13.2. The number of fused-ring (bicyclic) bond motifs is 1. The number of para-hydroxylation sites is 1. The Hall–Kier alpha value is -1.81. The lowest BCUT2D eigenvalue weighted by Crippen LogP contribution is -2.30. The topological polar surface area (TPSA) is 53.1 Å². The van der Waals surface area contributed by atoms with Crippen LogP contribution in [-0.2, 0) is 13.5 Å². The Labute approximate surface area is 113 Å². The third-order valence-electron chi connectivity index (χ3n) is 3.91. The van der Waals surface area contributed by atoms with Crippen molar-refractivity contribution in [2.24, 2.45) is 12.8 Å². The predicted octanol–water partition coefficient (Wildman–Crippen LogP) is 1.86. The molecule has 0 radical (unpaired) electrons. The molecule has 0 fully saturated rings. The van der Waals surface area contributed by atoms with Crippen LogP contribution in [0.5, 0.6) is 5.75 Å². The summed E-state index contributed by atoms with van der Waals surface area (Å²) in [5.41, 5.74) is 8.83. The van der Waals surface area contributed by atoms with Crippen LogP contribution in [0.1, 0.15) is 23.6 Å². The lowest BCUT2D eigenvalue weighted by molar-refractivity contribution is 0.309. The second kappa shape index (κ2) is 5.05. The maximum absolute atomic E-state index is 6.35. The van der Waals surface area contributed by atoms with Gasteiger partial charge in [0.1, 0.15) is 5.75 Å². The van der Waals surface area contributed by atoms with Crippen LogP contribution in [0.15, 0.2) is 36.5 Å². The van der Waals surface area contributed by atoms with E-state index in [-0.39, 0.29) is 6.04 Å². The summed E-state index contributed by atoms with van der Waals surface area (Å²) in [7, 11) is 1.97. The van der Waals surface area contributed by atoms with E-state index in [2.05, 4.69) is 11.2 Å². The fourth-order valence-corrected chi connectivity index (χ4v) is 2.70. The Balaban J connectivity index is 1.66. The van der Waals surface area contributed by atoms with E-state index in [1.165, 1.54) is 11.3 Å². The molecule has 2 unspecified atom stereocenters. The molecular formula is C15H19N3O. The molecule has 1 aliphatic heterocycles. The Morgan fingerprint density at radius 1 is 1.42 bits per heavy atom. The minimum atomic E-state index is 0.124. The van der Waals surface area contributed by atoms with Crippen LogP contribution in [0, 0.1) is 0 Å². The van der Waals surface area contributed by atoms with Gasteiger partial charge in [0.05, 0.1) is 6.61 Å². The number of hydrogen-bond donors (Lipinski definition) is 1. The second-order valence-electron chi connectivity index (χ2n) is 5.10. The molecule has 2 atom stereocenters. The van der Waals surface area contributed by atoms with E-state index in [0.717, 1.165) is 18.6 Å². The molecule has 2 heterocycles. The van der Waals surface area contributed by atoms with E-state index in [4.69, 9.17) is 10.5 Å². The van der Waals surface area contributed by atoms with E-state index < -0.39 is 0 Å². The second-order valence-corrected chi connectivity index (χ2v) is 5.10. The average Bonchev–Trinajstić information content (AvgIpc) is 3.02. The van der Waals surface area contributed by atoms with Crippen molar-refractivity contribution < 1.29 is 4.74 Å². The van der Waals surface area contributed by atoms with E-state index in [1.807, 2.05) is 42.2 Å². The maximum Gasteiger partial charge on any atom is 0.122 e. The SMILES string of the molecule is Cn1nccc1CCC(N)C1COc2ccccc21. The number of hydrogen-bond acceptors (Lipinski definition) is 3. The van der Waals surface area contributed by atoms with Gasteiger partial charge in [0, 0.05) is 36.5 Å². The summed E-state index contributed by atoms with van der Waals surface area (Å²) in [6.07, 6.45) is 3.73. The van der Waals surface area contributed by atoms with Crippen molar-refractivity contribution in [1.29, 1.82) is 0 Å². The van der Waals surface area contributed by atoms with Crippen LogP contribution in [0.4, 0.5) is 0 Å². The molecule has 1 aromatic heterocycles. The molecule has 0 spiro atoms. The zero-order valence-electron chi connectivity index (χ0n) is 11.1. The lowest BCUT2D eigenvalue weighted by atomic mass is 9.91. The normalized spacial score (nSPS) is 18.9. The number of ether oxygens (including phenoxy) is 1. The van der Waals surface area contributed by atoms with Crippen molar-refractivity contribution in [2.75, 3.05) is 6.61 Å². The van der Waals surface area contributed by atoms with Gasteiger partial charge in [-0.2, -0.15) is 5.10 Å². The first-order chi connectivity index (χ1) is 9.25. The first-order valence-corrected chi connectivity index (χ1v) is 6.70. The highest BCUT2D eigenvalue weighted by Gasteiger charge is 2.28. The number of nitrogens with two attached hydrogens (primary N) is 1. The first kappa shape index (κ1) is 12.2. The Kier molecular flexibility index (Phi) is 3.25. The third-order valence-corrected chi connectivity index (χ3v) is 3.91. The number of benzene rings is 1. The fourth-order valence-electron chi connectivity index (χ4n) is 2.70.